The fraction of sp³-hybridized carbons (Fsp3) is 0.318. The van der Waals surface area contributed by atoms with Crippen LogP contribution in [0.2, 0.25) is 0 Å². The molecular formula is C22H23N3O2S. The number of nitrogens with zero attached hydrogens (tertiary/aromatic N) is 3. The third-order valence-electron chi connectivity index (χ3n) is 4.96. The van der Waals surface area contributed by atoms with Crippen molar-refractivity contribution in [3.63, 3.8) is 0 Å². The van der Waals surface area contributed by atoms with Gasteiger partial charge >= 0.3 is 0 Å². The molecular weight excluding hydrogens is 370 g/mol. The van der Waals surface area contributed by atoms with E-state index in [2.05, 4.69) is 0 Å². The van der Waals surface area contributed by atoms with Gasteiger partial charge in [0.2, 0.25) is 5.91 Å². The van der Waals surface area contributed by atoms with Crippen molar-refractivity contribution < 1.29 is 4.79 Å². The summed E-state index contributed by atoms with van der Waals surface area (Å²) in [6.07, 6.45) is 1.99. The first-order valence-corrected chi connectivity index (χ1v) is 10.6. The average molecular weight is 394 g/mol. The molecule has 28 heavy (non-hydrogen) atoms. The van der Waals surface area contributed by atoms with Gasteiger partial charge in [-0.3, -0.25) is 14.2 Å². The van der Waals surface area contributed by atoms with Crippen LogP contribution in [0.3, 0.4) is 0 Å². The molecule has 0 unspecified atom stereocenters. The fourth-order valence-electron chi connectivity index (χ4n) is 3.28. The van der Waals surface area contributed by atoms with Crippen molar-refractivity contribution in [1.82, 2.24) is 14.5 Å². The number of benzene rings is 2. The van der Waals surface area contributed by atoms with Gasteiger partial charge in [-0.05, 0) is 37.5 Å². The molecule has 2 aromatic carbocycles. The molecule has 6 heteroatoms. The molecule has 0 N–H and O–H groups in total. The SMILES string of the molecule is CCN(Cc1ccccc1)C(=O)CSc1nc2ccccc2c(=O)n1C1CC1. The summed E-state index contributed by atoms with van der Waals surface area (Å²) in [7, 11) is 0. The molecule has 0 radical (unpaired) electrons. The van der Waals surface area contributed by atoms with Gasteiger partial charge in [-0.2, -0.15) is 0 Å². The molecule has 0 spiro atoms. The molecule has 1 aromatic heterocycles. The van der Waals surface area contributed by atoms with Gasteiger partial charge in [-0.25, -0.2) is 4.98 Å². The molecule has 0 atom stereocenters. The van der Waals surface area contributed by atoms with E-state index >= 15 is 0 Å². The van der Waals surface area contributed by atoms with E-state index in [1.165, 1.54) is 11.8 Å². The minimum absolute atomic E-state index is 0.000294. The standard InChI is InChI=1S/C22H23N3O2S/c1-2-24(14-16-8-4-3-5-9-16)20(26)15-28-22-23-19-11-7-6-10-18(19)21(27)25(22)17-12-13-17/h3-11,17H,2,12-15H2,1H3. The Morgan fingerprint density at radius 2 is 1.86 bits per heavy atom. The second-order valence-electron chi connectivity index (χ2n) is 7.00. The highest BCUT2D eigenvalue weighted by Gasteiger charge is 2.29. The first kappa shape index (κ1) is 18.7. The summed E-state index contributed by atoms with van der Waals surface area (Å²) >= 11 is 1.37. The molecule has 144 valence electrons. The topological polar surface area (TPSA) is 55.2 Å². The number of hydrogen-bond donors (Lipinski definition) is 0. The Morgan fingerprint density at radius 3 is 2.57 bits per heavy atom. The van der Waals surface area contributed by atoms with Gasteiger partial charge in [0.1, 0.15) is 0 Å². The van der Waals surface area contributed by atoms with Crippen LogP contribution in [0, 0.1) is 0 Å². The van der Waals surface area contributed by atoms with Crippen LogP contribution in [0.25, 0.3) is 10.9 Å². The van der Waals surface area contributed by atoms with Gasteiger partial charge in [0.05, 0.1) is 16.7 Å². The van der Waals surface area contributed by atoms with Crippen molar-refractivity contribution in [2.45, 2.75) is 37.5 Å². The van der Waals surface area contributed by atoms with Gasteiger partial charge in [-0.1, -0.05) is 54.2 Å². The third kappa shape index (κ3) is 3.97. The molecule has 1 heterocycles. The van der Waals surface area contributed by atoms with Crippen LogP contribution >= 0.6 is 11.8 Å². The maximum absolute atomic E-state index is 12.9. The van der Waals surface area contributed by atoms with Gasteiger partial charge in [0, 0.05) is 19.1 Å². The number of rotatable bonds is 7. The number of amides is 1. The van der Waals surface area contributed by atoms with E-state index in [1.807, 2.05) is 66.4 Å². The average Bonchev–Trinajstić information content (AvgIpc) is 3.56. The van der Waals surface area contributed by atoms with Crippen LogP contribution < -0.4 is 5.56 Å². The summed E-state index contributed by atoms with van der Waals surface area (Å²) in [5.74, 6) is 0.333. The summed E-state index contributed by atoms with van der Waals surface area (Å²) in [5.41, 5.74) is 1.80. The van der Waals surface area contributed by atoms with E-state index in [1.54, 1.807) is 4.57 Å². The molecule has 1 aliphatic carbocycles. The highest BCUT2D eigenvalue weighted by molar-refractivity contribution is 7.99. The Balaban J connectivity index is 1.54. The Hall–Kier alpha value is -2.60. The minimum atomic E-state index is -0.000294. The highest BCUT2D eigenvalue weighted by Crippen LogP contribution is 2.36. The summed E-state index contributed by atoms with van der Waals surface area (Å²) < 4.78 is 1.79. The first-order chi connectivity index (χ1) is 13.7. The smallest absolute Gasteiger partial charge is 0.262 e. The van der Waals surface area contributed by atoms with Gasteiger partial charge < -0.3 is 4.90 Å². The van der Waals surface area contributed by atoms with Crippen molar-refractivity contribution in [2.24, 2.45) is 0 Å². The van der Waals surface area contributed by atoms with Crippen LogP contribution in [-0.4, -0.2) is 32.7 Å². The molecule has 5 nitrogen and oxygen atoms in total. The number of para-hydroxylation sites is 1. The van der Waals surface area contributed by atoms with Crippen molar-refractivity contribution in [1.29, 1.82) is 0 Å². The lowest BCUT2D eigenvalue weighted by Crippen LogP contribution is -2.32. The highest BCUT2D eigenvalue weighted by atomic mass is 32.2. The maximum Gasteiger partial charge on any atom is 0.262 e. The fourth-order valence-corrected chi connectivity index (χ4v) is 4.25. The van der Waals surface area contributed by atoms with Crippen LogP contribution in [0.15, 0.2) is 64.5 Å². The minimum Gasteiger partial charge on any atom is -0.338 e. The summed E-state index contributed by atoms with van der Waals surface area (Å²) in [4.78, 5) is 32.2. The lowest BCUT2D eigenvalue weighted by molar-refractivity contribution is -0.128. The molecule has 0 aliphatic heterocycles. The largest absolute Gasteiger partial charge is 0.338 e. The maximum atomic E-state index is 12.9. The molecule has 1 saturated carbocycles. The second-order valence-corrected chi connectivity index (χ2v) is 7.94. The lowest BCUT2D eigenvalue weighted by atomic mass is 10.2. The third-order valence-corrected chi connectivity index (χ3v) is 5.90. The Morgan fingerprint density at radius 1 is 1.14 bits per heavy atom. The molecule has 3 aromatic rings. The Bertz CT molecular complexity index is 1040. The number of carbonyl (C=O) groups is 1. The second kappa shape index (κ2) is 8.19. The zero-order valence-corrected chi connectivity index (χ0v) is 16.7. The predicted octanol–water partition coefficient (Wildman–Crippen LogP) is 3.87. The summed E-state index contributed by atoms with van der Waals surface area (Å²) in [6, 6.07) is 17.6. The van der Waals surface area contributed by atoms with E-state index in [-0.39, 0.29) is 23.3 Å². The molecule has 1 fully saturated rings. The van der Waals surface area contributed by atoms with E-state index in [9.17, 15) is 9.59 Å². The van der Waals surface area contributed by atoms with Crippen LogP contribution in [0.4, 0.5) is 0 Å². The van der Waals surface area contributed by atoms with Gasteiger partial charge in [0.25, 0.3) is 5.56 Å². The zero-order valence-electron chi connectivity index (χ0n) is 15.9. The van der Waals surface area contributed by atoms with Crippen molar-refractivity contribution in [3.05, 3.63) is 70.5 Å². The normalized spacial score (nSPS) is 13.6. The van der Waals surface area contributed by atoms with E-state index < -0.39 is 0 Å². The number of hydrogen-bond acceptors (Lipinski definition) is 4. The number of carbonyl (C=O) groups excluding carboxylic acids is 1. The van der Waals surface area contributed by atoms with E-state index in [0.717, 1.165) is 18.4 Å². The van der Waals surface area contributed by atoms with E-state index in [0.29, 0.717) is 29.1 Å². The summed E-state index contributed by atoms with van der Waals surface area (Å²) in [6.45, 7) is 3.23. The molecule has 4 rings (SSSR count). The Labute approximate surface area is 168 Å². The Kier molecular flexibility index (Phi) is 5.48. The predicted molar refractivity (Wildman–Crippen MR) is 113 cm³/mol. The van der Waals surface area contributed by atoms with Crippen LogP contribution in [0.1, 0.15) is 31.4 Å². The molecule has 1 amide bonds. The van der Waals surface area contributed by atoms with E-state index in [4.69, 9.17) is 4.98 Å². The summed E-state index contributed by atoms with van der Waals surface area (Å²) in [5, 5.41) is 1.29. The molecule has 0 saturated heterocycles. The lowest BCUT2D eigenvalue weighted by Gasteiger charge is -2.21. The quantitative estimate of drug-likeness (QED) is 0.452. The van der Waals surface area contributed by atoms with Crippen LogP contribution in [0.5, 0.6) is 0 Å². The zero-order chi connectivity index (χ0) is 19.5. The monoisotopic (exact) mass is 393 g/mol. The van der Waals surface area contributed by atoms with Gasteiger partial charge in [-0.15, -0.1) is 0 Å². The van der Waals surface area contributed by atoms with Gasteiger partial charge in [0.15, 0.2) is 5.16 Å². The van der Waals surface area contributed by atoms with Crippen molar-refractivity contribution in [3.8, 4) is 0 Å². The molecule has 1 aliphatic rings. The number of aromatic nitrogens is 2. The first-order valence-electron chi connectivity index (χ1n) is 9.63. The number of fused-ring (bicyclic) bond motifs is 1. The molecule has 0 bridgehead atoms. The van der Waals surface area contributed by atoms with Crippen LogP contribution in [-0.2, 0) is 11.3 Å². The van der Waals surface area contributed by atoms with Crippen molar-refractivity contribution in [2.75, 3.05) is 12.3 Å². The number of thioether (sulfide) groups is 1. The van der Waals surface area contributed by atoms with Crippen molar-refractivity contribution >= 4 is 28.6 Å².